The van der Waals surface area contributed by atoms with E-state index < -0.39 is 5.97 Å². The van der Waals surface area contributed by atoms with Crippen LogP contribution in [-0.2, 0) is 11.2 Å². The Bertz CT molecular complexity index is 1230. The molecule has 0 atom stereocenters. The Morgan fingerprint density at radius 2 is 2.00 bits per heavy atom. The van der Waals surface area contributed by atoms with Crippen molar-refractivity contribution in [3.05, 3.63) is 65.9 Å². The number of ether oxygens (including phenoxy) is 1. The van der Waals surface area contributed by atoms with Gasteiger partial charge in [-0.1, -0.05) is 6.07 Å². The number of fused-ring (bicyclic) bond motifs is 2. The molecule has 0 saturated carbocycles. The molecule has 0 radical (unpaired) electrons. The minimum Gasteiger partial charge on any atom is -0.478 e. The van der Waals surface area contributed by atoms with E-state index in [1.165, 1.54) is 13.1 Å². The van der Waals surface area contributed by atoms with Crippen LogP contribution in [0.15, 0.2) is 54.7 Å². The predicted octanol–water partition coefficient (Wildman–Crippen LogP) is 3.89. The first-order valence-electron chi connectivity index (χ1n) is 9.16. The van der Waals surface area contributed by atoms with Gasteiger partial charge in [-0.2, -0.15) is 0 Å². The molecule has 2 aromatic heterocycles. The Morgan fingerprint density at radius 1 is 1.14 bits per heavy atom. The van der Waals surface area contributed by atoms with Gasteiger partial charge in [-0.3, -0.25) is 4.79 Å². The van der Waals surface area contributed by atoms with Gasteiger partial charge in [-0.05, 0) is 48.4 Å². The number of carbonyl (C=O) groups is 2. The third-order valence-corrected chi connectivity index (χ3v) is 4.62. The number of H-pyrrole nitrogens is 1. The zero-order chi connectivity index (χ0) is 20.4. The van der Waals surface area contributed by atoms with Crippen molar-refractivity contribution in [2.45, 2.75) is 13.3 Å². The van der Waals surface area contributed by atoms with Crippen LogP contribution in [0, 0.1) is 0 Å². The highest BCUT2D eigenvalue weighted by Crippen LogP contribution is 2.28. The van der Waals surface area contributed by atoms with E-state index in [-0.39, 0.29) is 11.5 Å². The summed E-state index contributed by atoms with van der Waals surface area (Å²) in [6.07, 6.45) is 2.21. The lowest BCUT2D eigenvalue weighted by molar-refractivity contribution is -0.118. The van der Waals surface area contributed by atoms with Gasteiger partial charge < -0.3 is 20.1 Å². The number of nitrogens with one attached hydrogen (secondary N) is 2. The molecule has 0 spiro atoms. The van der Waals surface area contributed by atoms with E-state index in [4.69, 9.17) is 4.74 Å². The van der Waals surface area contributed by atoms with Crippen molar-refractivity contribution in [2.75, 3.05) is 6.54 Å². The average Bonchev–Trinajstić information content (AvgIpc) is 3.11. The van der Waals surface area contributed by atoms with E-state index in [1.807, 2.05) is 24.3 Å². The van der Waals surface area contributed by atoms with E-state index in [0.29, 0.717) is 23.6 Å². The molecule has 7 heteroatoms. The minimum absolute atomic E-state index is 0.0393. The monoisotopic (exact) mass is 389 g/mol. The van der Waals surface area contributed by atoms with Crippen molar-refractivity contribution in [3.63, 3.8) is 0 Å². The third-order valence-electron chi connectivity index (χ3n) is 4.62. The molecule has 0 unspecified atom stereocenters. The van der Waals surface area contributed by atoms with Crippen LogP contribution >= 0.6 is 0 Å². The van der Waals surface area contributed by atoms with Gasteiger partial charge in [-0.15, -0.1) is 0 Å². The van der Waals surface area contributed by atoms with Gasteiger partial charge >= 0.3 is 5.97 Å². The maximum atomic E-state index is 11.3. The van der Waals surface area contributed by atoms with Crippen LogP contribution in [0.25, 0.3) is 21.8 Å². The molecule has 146 valence electrons. The molecule has 3 N–H and O–H groups in total. The molecule has 4 rings (SSSR count). The normalized spacial score (nSPS) is 10.9. The fourth-order valence-electron chi connectivity index (χ4n) is 3.21. The number of aromatic nitrogens is 2. The first-order valence-corrected chi connectivity index (χ1v) is 9.16. The summed E-state index contributed by atoms with van der Waals surface area (Å²) < 4.78 is 5.85. The first kappa shape index (κ1) is 18.5. The molecule has 2 heterocycles. The quantitative estimate of drug-likeness (QED) is 0.464. The van der Waals surface area contributed by atoms with Gasteiger partial charge in [0.1, 0.15) is 5.75 Å². The summed E-state index contributed by atoms with van der Waals surface area (Å²) >= 11 is 0. The molecule has 7 nitrogen and oxygen atoms in total. The summed E-state index contributed by atoms with van der Waals surface area (Å²) in [5.41, 5.74) is 2.83. The van der Waals surface area contributed by atoms with E-state index in [9.17, 15) is 14.7 Å². The number of carboxylic acid groups (broad SMARTS) is 1. The van der Waals surface area contributed by atoms with Gasteiger partial charge in [0.15, 0.2) is 0 Å². The summed E-state index contributed by atoms with van der Waals surface area (Å²) in [6.45, 7) is 2.09. The Morgan fingerprint density at radius 3 is 2.79 bits per heavy atom. The van der Waals surface area contributed by atoms with Gasteiger partial charge in [0, 0.05) is 42.0 Å². The first-order chi connectivity index (χ1) is 14.0. The number of carboxylic acids is 1. The van der Waals surface area contributed by atoms with E-state index in [2.05, 4.69) is 15.3 Å². The Kier molecular flexibility index (Phi) is 4.87. The number of hydrogen-bond acceptors (Lipinski definition) is 4. The van der Waals surface area contributed by atoms with E-state index in [1.54, 1.807) is 24.3 Å². The highest BCUT2D eigenvalue weighted by atomic mass is 16.5. The smallest absolute Gasteiger partial charge is 0.337 e. The average molecular weight is 389 g/mol. The van der Waals surface area contributed by atoms with Crippen LogP contribution in [-0.4, -0.2) is 33.5 Å². The summed E-state index contributed by atoms with van der Waals surface area (Å²) in [6, 6.07) is 14.9. The topological polar surface area (TPSA) is 104 Å². The predicted molar refractivity (Wildman–Crippen MR) is 109 cm³/mol. The van der Waals surface area contributed by atoms with Crippen LogP contribution in [0.4, 0.5) is 0 Å². The van der Waals surface area contributed by atoms with Crippen molar-refractivity contribution in [1.82, 2.24) is 15.3 Å². The highest BCUT2D eigenvalue weighted by Gasteiger charge is 2.12. The SMILES string of the molecule is CC(=O)NCCc1ccc2nc(Oc3ccc4[nH]cc(C(=O)O)c4c3)ccc2c1. The Labute approximate surface area is 166 Å². The third kappa shape index (κ3) is 4.03. The van der Waals surface area contributed by atoms with Crippen molar-refractivity contribution in [2.24, 2.45) is 0 Å². The molecule has 2 aromatic carbocycles. The fourth-order valence-corrected chi connectivity index (χ4v) is 3.21. The molecule has 0 aliphatic heterocycles. The van der Waals surface area contributed by atoms with Gasteiger partial charge in [0.2, 0.25) is 11.8 Å². The van der Waals surface area contributed by atoms with Gasteiger partial charge in [0.05, 0.1) is 11.1 Å². The Hall–Kier alpha value is -3.87. The fraction of sp³-hybridized carbons (Fsp3) is 0.136. The molecular weight excluding hydrogens is 370 g/mol. The second-order valence-electron chi connectivity index (χ2n) is 6.73. The van der Waals surface area contributed by atoms with Crippen LogP contribution in [0.2, 0.25) is 0 Å². The van der Waals surface area contributed by atoms with Gasteiger partial charge in [0.25, 0.3) is 0 Å². The number of pyridine rings is 1. The van der Waals surface area contributed by atoms with Crippen molar-refractivity contribution < 1.29 is 19.4 Å². The van der Waals surface area contributed by atoms with Crippen LogP contribution in [0.5, 0.6) is 11.6 Å². The van der Waals surface area contributed by atoms with Crippen LogP contribution in [0.1, 0.15) is 22.8 Å². The minimum atomic E-state index is -0.994. The Balaban J connectivity index is 1.55. The van der Waals surface area contributed by atoms with Crippen molar-refractivity contribution >= 4 is 33.7 Å². The molecule has 0 saturated heterocycles. The lowest BCUT2D eigenvalue weighted by Gasteiger charge is -2.08. The number of rotatable bonds is 6. The highest BCUT2D eigenvalue weighted by molar-refractivity contribution is 6.03. The van der Waals surface area contributed by atoms with Crippen LogP contribution < -0.4 is 10.1 Å². The molecule has 0 fully saturated rings. The zero-order valence-corrected chi connectivity index (χ0v) is 15.7. The molecule has 0 bridgehead atoms. The summed E-state index contributed by atoms with van der Waals surface area (Å²) in [5, 5.41) is 13.6. The maximum Gasteiger partial charge on any atom is 0.337 e. The standard InChI is InChI=1S/C22H19N3O4/c1-13(26)23-9-8-14-2-5-19-15(10-14)3-7-21(25-19)29-16-4-6-20-17(11-16)18(12-24-20)22(27)28/h2-7,10-12,24H,8-9H2,1H3,(H,23,26)(H,27,28). The molecule has 0 aliphatic carbocycles. The molecule has 4 aromatic rings. The largest absolute Gasteiger partial charge is 0.478 e. The summed E-state index contributed by atoms with van der Waals surface area (Å²) in [7, 11) is 0. The summed E-state index contributed by atoms with van der Waals surface area (Å²) in [5.74, 6) is -0.0947. The number of aromatic carboxylic acids is 1. The number of carbonyl (C=O) groups excluding carboxylic acids is 1. The molecular formula is C22H19N3O4. The molecule has 0 aliphatic rings. The molecule has 1 amide bonds. The lowest BCUT2D eigenvalue weighted by atomic mass is 10.1. The number of hydrogen-bond donors (Lipinski definition) is 3. The van der Waals surface area contributed by atoms with Crippen molar-refractivity contribution in [1.29, 1.82) is 0 Å². The number of aromatic amines is 1. The number of nitrogens with zero attached hydrogens (tertiary/aromatic N) is 1. The number of benzene rings is 2. The lowest BCUT2D eigenvalue weighted by Crippen LogP contribution is -2.22. The van der Waals surface area contributed by atoms with E-state index in [0.717, 1.165) is 28.4 Å². The van der Waals surface area contributed by atoms with Crippen LogP contribution in [0.3, 0.4) is 0 Å². The van der Waals surface area contributed by atoms with E-state index >= 15 is 0 Å². The molecule has 29 heavy (non-hydrogen) atoms. The number of amides is 1. The second kappa shape index (κ2) is 7.63. The second-order valence-corrected chi connectivity index (χ2v) is 6.73. The van der Waals surface area contributed by atoms with Gasteiger partial charge in [-0.25, -0.2) is 9.78 Å². The van der Waals surface area contributed by atoms with Crippen molar-refractivity contribution in [3.8, 4) is 11.6 Å². The summed E-state index contributed by atoms with van der Waals surface area (Å²) in [4.78, 5) is 29.8. The zero-order valence-electron chi connectivity index (χ0n) is 15.7. The maximum absolute atomic E-state index is 11.3.